The number of nitrogens with one attached hydrogen (secondary N) is 1. The lowest BCUT2D eigenvalue weighted by Gasteiger charge is -2.27. The van der Waals surface area contributed by atoms with E-state index in [0.717, 1.165) is 23.3 Å². The van der Waals surface area contributed by atoms with Crippen molar-refractivity contribution in [1.82, 2.24) is 15.1 Å². The van der Waals surface area contributed by atoms with E-state index in [1.165, 1.54) is 0 Å². The molecule has 0 bridgehead atoms. The first kappa shape index (κ1) is 18.5. The van der Waals surface area contributed by atoms with Gasteiger partial charge in [-0.15, -0.1) is 11.3 Å². The Morgan fingerprint density at radius 1 is 1.12 bits per heavy atom. The minimum absolute atomic E-state index is 0.0135. The highest BCUT2D eigenvalue weighted by Gasteiger charge is 2.34. The number of rotatable bonds is 8. The van der Waals surface area contributed by atoms with Gasteiger partial charge in [-0.05, 0) is 36.8 Å². The van der Waals surface area contributed by atoms with E-state index in [9.17, 15) is 9.59 Å². The van der Waals surface area contributed by atoms with Crippen molar-refractivity contribution in [3.8, 4) is 0 Å². The molecule has 1 aromatic carbocycles. The second-order valence-electron chi connectivity index (χ2n) is 6.51. The van der Waals surface area contributed by atoms with Gasteiger partial charge in [-0.3, -0.25) is 4.79 Å². The second-order valence-corrected chi connectivity index (χ2v) is 7.54. The molecule has 1 heterocycles. The Morgan fingerprint density at radius 2 is 1.88 bits per heavy atom. The Labute approximate surface area is 158 Å². The first-order valence-corrected chi connectivity index (χ1v) is 9.94. The Hall–Kier alpha value is -2.34. The van der Waals surface area contributed by atoms with Crippen molar-refractivity contribution in [3.63, 3.8) is 0 Å². The molecule has 0 saturated heterocycles. The molecule has 3 rings (SSSR count). The zero-order valence-electron chi connectivity index (χ0n) is 15.1. The van der Waals surface area contributed by atoms with Crippen LogP contribution < -0.4 is 5.32 Å². The van der Waals surface area contributed by atoms with Gasteiger partial charge in [0.25, 0.3) is 0 Å². The van der Waals surface area contributed by atoms with Crippen LogP contribution in [0.1, 0.15) is 30.2 Å². The van der Waals surface area contributed by atoms with Gasteiger partial charge in [-0.1, -0.05) is 36.4 Å². The van der Waals surface area contributed by atoms with Crippen LogP contribution in [0.4, 0.5) is 4.79 Å². The van der Waals surface area contributed by atoms with Gasteiger partial charge in [-0.25, -0.2) is 4.79 Å². The third kappa shape index (κ3) is 5.08. The van der Waals surface area contributed by atoms with Crippen LogP contribution in [0.25, 0.3) is 0 Å². The van der Waals surface area contributed by atoms with Gasteiger partial charge >= 0.3 is 6.03 Å². The van der Waals surface area contributed by atoms with Gasteiger partial charge in [0.05, 0.1) is 6.54 Å². The van der Waals surface area contributed by atoms with E-state index in [4.69, 9.17) is 0 Å². The number of urea groups is 1. The van der Waals surface area contributed by atoms with E-state index in [1.807, 2.05) is 59.7 Å². The van der Waals surface area contributed by atoms with E-state index < -0.39 is 0 Å². The quantitative estimate of drug-likeness (QED) is 0.772. The molecule has 6 heteroatoms. The maximum atomic E-state index is 13.0. The molecule has 1 aromatic heterocycles. The molecule has 1 aliphatic carbocycles. The number of hydrogen-bond donors (Lipinski definition) is 1. The molecule has 1 N–H and O–H groups in total. The molecule has 5 nitrogen and oxygen atoms in total. The molecule has 1 aliphatic rings. The summed E-state index contributed by atoms with van der Waals surface area (Å²) in [7, 11) is 0. The number of hydrogen-bond acceptors (Lipinski definition) is 3. The van der Waals surface area contributed by atoms with Gasteiger partial charge in [0.2, 0.25) is 5.91 Å². The summed E-state index contributed by atoms with van der Waals surface area (Å²) in [6.45, 7) is 3.71. The molecule has 1 saturated carbocycles. The van der Waals surface area contributed by atoms with Gasteiger partial charge in [-0.2, -0.15) is 0 Å². The summed E-state index contributed by atoms with van der Waals surface area (Å²) < 4.78 is 0. The minimum Gasteiger partial charge on any atom is -0.338 e. The zero-order valence-corrected chi connectivity index (χ0v) is 15.9. The second kappa shape index (κ2) is 8.85. The smallest absolute Gasteiger partial charge is 0.318 e. The normalized spacial score (nSPS) is 13.3. The molecule has 138 valence electrons. The third-order valence-electron chi connectivity index (χ3n) is 4.38. The number of benzene rings is 1. The number of amides is 3. The first-order chi connectivity index (χ1) is 12.7. The van der Waals surface area contributed by atoms with Gasteiger partial charge in [0.15, 0.2) is 0 Å². The summed E-state index contributed by atoms with van der Waals surface area (Å²) in [5, 5.41) is 4.84. The minimum atomic E-state index is -0.140. The fourth-order valence-corrected chi connectivity index (χ4v) is 3.60. The van der Waals surface area contributed by atoms with Crippen LogP contribution in [0.15, 0.2) is 47.8 Å². The molecule has 0 aliphatic heterocycles. The third-order valence-corrected chi connectivity index (χ3v) is 5.24. The average Bonchev–Trinajstić information content (AvgIpc) is 3.36. The van der Waals surface area contributed by atoms with Crippen molar-refractivity contribution in [2.24, 2.45) is 0 Å². The average molecular weight is 372 g/mol. The largest absolute Gasteiger partial charge is 0.338 e. The van der Waals surface area contributed by atoms with Crippen molar-refractivity contribution in [2.45, 2.75) is 38.9 Å². The Morgan fingerprint density at radius 3 is 2.50 bits per heavy atom. The molecule has 0 atom stereocenters. The molecular formula is C20H25N3O2S. The van der Waals surface area contributed by atoms with Crippen molar-refractivity contribution >= 4 is 23.3 Å². The molecule has 0 spiro atoms. The summed E-state index contributed by atoms with van der Waals surface area (Å²) in [6, 6.07) is 14.1. The lowest BCUT2D eigenvalue weighted by molar-refractivity contribution is -0.133. The number of nitrogens with zero attached hydrogens (tertiary/aromatic N) is 2. The highest BCUT2D eigenvalue weighted by Crippen LogP contribution is 2.27. The fraction of sp³-hybridized carbons (Fsp3) is 0.400. The van der Waals surface area contributed by atoms with Crippen molar-refractivity contribution in [3.05, 3.63) is 58.3 Å². The van der Waals surface area contributed by atoms with Crippen molar-refractivity contribution in [1.29, 1.82) is 0 Å². The van der Waals surface area contributed by atoms with Crippen LogP contribution >= 0.6 is 11.3 Å². The lowest BCUT2D eigenvalue weighted by atomic mass is 10.2. The van der Waals surface area contributed by atoms with Crippen LogP contribution in [-0.2, 0) is 17.9 Å². The van der Waals surface area contributed by atoms with Crippen molar-refractivity contribution < 1.29 is 9.59 Å². The summed E-state index contributed by atoms with van der Waals surface area (Å²) in [4.78, 5) is 30.0. The highest BCUT2D eigenvalue weighted by molar-refractivity contribution is 7.09. The van der Waals surface area contributed by atoms with E-state index in [-0.39, 0.29) is 24.5 Å². The lowest BCUT2D eigenvalue weighted by Crippen LogP contribution is -2.47. The van der Waals surface area contributed by atoms with E-state index in [2.05, 4.69) is 5.32 Å². The topological polar surface area (TPSA) is 52.7 Å². The van der Waals surface area contributed by atoms with Crippen LogP contribution in [-0.4, -0.2) is 40.9 Å². The predicted octanol–water partition coefficient (Wildman–Crippen LogP) is 3.47. The molecule has 2 aromatic rings. The van der Waals surface area contributed by atoms with E-state index in [0.29, 0.717) is 19.6 Å². The molecule has 26 heavy (non-hydrogen) atoms. The Kier molecular flexibility index (Phi) is 6.28. The summed E-state index contributed by atoms with van der Waals surface area (Å²) in [5.41, 5.74) is 1.09. The molecular weight excluding hydrogens is 346 g/mol. The SMILES string of the molecule is CCNC(=O)N(CC(=O)N(Cc1ccccc1)Cc1cccs1)C1CC1. The monoisotopic (exact) mass is 371 g/mol. The first-order valence-electron chi connectivity index (χ1n) is 9.06. The molecule has 0 radical (unpaired) electrons. The predicted molar refractivity (Wildman–Crippen MR) is 104 cm³/mol. The van der Waals surface area contributed by atoms with E-state index >= 15 is 0 Å². The zero-order chi connectivity index (χ0) is 18.4. The Balaban J connectivity index is 1.71. The van der Waals surface area contributed by atoms with Crippen LogP contribution in [0.2, 0.25) is 0 Å². The van der Waals surface area contributed by atoms with Crippen LogP contribution in [0, 0.1) is 0 Å². The number of thiophene rings is 1. The summed E-state index contributed by atoms with van der Waals surface area (Å²) >= 11 is 1.64. The number of carbonyl (C=O) groups is 2. The van der Waals surface area contributed by atoms with Gasteiger partial charge in [0, 0.05) is 24.0 Å². The van der Waals surface area contributed by atoms with Gasteiger partial charge < -0.3 is 15.1 Å². The molecule has 0 unspecified atom stereocenters. The standard InChI is InChI=1S/C20H25N3O2S/c1-2-21-20(25)23(17-10-11-17)15-19(24)22(14-18-9-6-12-26-18)13-16-7-4-3-5-8-16/h3-9,12,17H,2,10-11,13-15H2,1H3,(H,21,25). The molecule has 3 amide bonds. The van der Waals surface area contributed by atoms with E-state index in [1.54, 1.807) is 16.2 Å². The van der Waals surface area contributed by atoms with Crippen LogP contribution in [0.5, 0.6) is 0 Å². The maximum absolute atomic E-state index is 13.0. The van der Waals surface area contributed by atoms with Crippen LogP contribution in [0.3, 0.4) is 0 Å². The van der Waals surface area contributed by atoms with Gasteiger partial charge in [0.1, 0.15) is 6.54 Å². The van der Waals surface area contributed by atoms with Crippen molar-refractivity contribution in [2.75, 3.05) is 13.1 Å². The highest BCUT2D eigenvalue weighted by atomic mass is 32.1. The number of carbonyl (C=O) groups excluding carboxylic acids is 2. The summed E-state index contributed by atoms with van der Waals surface area (Å²) in [5.74, 6) is -0.0135. The molecule has 1 fully saturated rings. The summed E-state index contributed by atoms with van der Waals surface area (Å²) in [6.07, 6.45) is 1.96. The Bertz CT molecular complexity index is 714. The fourth-order valence-electron chi connectivity index (χ4n) is 2.88. The maximum Gasteiger partial charge on any atom is 0.318 e.